The van der Waals surface area contributed by atoms with E-state index in [2.05, 4.69) is 38.9 Å². The second kappa shape index (κ2) is 6.15. The minimum atomic E-state index is 0.345. The van der Waals surface area contributed by atoms with E-state index < -0.39 is 0 Å². The van der Waals surface area contributed by atoms with E-state index >= 15 is 0 Å². The molecule has 1 aliphatic rings. The molecule has 0 radical (unpaired) electrons. The van der Waals surface area contributed by atoms with E-state index in [0.29, 0.717) is 12.1 Å². The monoisotopic (exact) mass is 303 g/mol. The van der Waals surface area contributed by atoms with Crippen LogP contribution in [0.25, 0.3) is 0 Å². The zero-order chi connectivity index (χ0) is 11.4. The third-order valence-corrected chi connectivity index (χ3v) is 4.68. The van der Waals surface area contributed by atoms with Crippen LogP contribution < -0.4 is 5.32 Å². The summed E-state index contributed by atoms with van der Waals surface area (Å²) in [7, 11) is 0. The van der Waals surface area contributed by atoms with E-state index in [-0.39, 0.29) is 0 Å². The molecule has 2 atom stereocenters. The third kappa shape index (κ3) is 2.86. The van der Waals surface area contributed by atoms with Crippen LogP contribution in [-0.4, -0.2) is 19.3 Å². The van der Waals surface area contributed by atoms with Crippen molar-refractivity contribution in [1.82, 2.24) is 5.32 Å². The number of rotatable bonds is 5. The molecule has 1 saturated heterocycles. The lowest BCUT2D eigenvalue weighted by Crippen LogP contribution is -2.32. The standard InChI is InChI=1S/C12H18BrNOS/c1-2-5-14-12(11-4-3-6-15-11)9-7-16-8-10(9)13/h7-8,11-12,14H,2-6H2,1H3. The Kier molecular flexibility index (Phi) is 4.82. The molecular formula is C12H18BrNOS. The summed E-state index contributed by atoms with van der Waals surface area (Å²) < 4.78 is 7.02. The fraction of sp³-hybridized carbons (Fsp3) is 0.667. The van der Waals surface area contributed by atoms with Crippen LogP contribution in [0.1, 0.15) is 37.8 Å². The highest BCUT2D eigenvalue weighted by Gasteiger charge is 2.28. The van der Waals surface area contributed by atoms with Crippen molar-refractivity contribution in [3.63, 3.8) is 0 Å². The van der Waals surface area contributed by atoms with Crippen molar-refractivity contribution in [2.75, 3.05) is 13.2 Å². The lowest BCUT2D eigenvalue weighted by atomic mass is 10.0. The molecule has 2 nitrogen and oxygen atoms in total. The number of hydrogen-bond donors (Lipinski definition) is 1. The highest BCUT2D eigenvalue weighted by Crippen LogP contribution is 2.33. The summed E-state index contributed by atoms with van der Waals surface area (Å²) in [6, 6.07) is 0.350. The number of hydrogen-bond acceptors (Lipinski definition) is 3. The minimum absolute atomic E-state index is 0.345. The van der Waals surface area contributed by atoms with E-state index in [1.807, 2.05) is 0 Å². The first-order valence-corrected chi connectivity index (χ1v) is 7.63. The van der Waals surface area contributed by atoms with Crippen LogP contribution in [0.15, 0.2) is 15.2 Å². The molecule has 2 unspecified atom stereocenters. The molecule has 1 N–H and O–H groups in total. The maximum Gasteiger partial charge on any atom is 0.0771 e. The Bertz CT molecular complexity index is 323. The molecule has 4 heteroatoms. The molecule has 1 aliphatic heterocycles. The number of ether oxygens (including phenoxy) is 1. The van der Waals surface area contributed by atoms with Gasteiger partial charge >= 0.3 is 0 Å². The summed E-state index contributed by atoms with van der Waals surface area (Å²) in [6.45, 7) is 4.16. The highest BCUT2D eigenvalue weighted by atomic mass is 79.9. The van der Waals surface area contributed by atoms with Crippen LogP contribution in [0.4, 0.5) is 0 Å². The van der Waals surface area contributed by atoms with E-state index in [1.165, 1.54) is 22.9 Å². The zero-order valence-electron chi connectivity index (χ0n) is 9.54. The van der Waals surface area contributed by atoms with Gasteiger partial charge in [-0.05, 0) is 52.7 Å². The predicted octanol–water partition coefficient (Wildman–Crippen LogP) is 3.73. The van der Waals surface area contributed by atoms with Gasteiger partial charge in [0.2, 0.25) is 0 Å². The number of halogens is 1. The van der Waals surface area contributed by atoms with Gasteiger partial charge in [-0.2, -0.15) is 11.3 Å². The van der Waals surface area contributed by atoms with Crippen LogP contribution in [0.5, 0.6) is 0 Å². The SMILES string of the molecule is CCCNC(c1cscc1Br)C1CCCO1. The molecule has 1 aromatic rings. The summed E-state index contributed by atoms with van der Waals surface area (Å²) >= 11 is 5.37. The molecule has 0 amide bonds. The van der Waals surface area contributed by atoms with Gasteiger partial charge in [-0.3, -0.25) is 0 Å². The van der Waals surface area contributed by atoms with Gasteiger partial charge < -0.3 is 10.1 Å². The minimum Gasteiger partial charge on any atom is -0.376 e. The second-order valence-electron chi connectivity index (χ2n) is 4.16. The van der Waals surface area contributed by atoms with Gasteiger partial charge in [-0.1, -0.05) is 6.92 Å². The Morgan fingerprint density at radius 2 is 2.50 bits per heavy atom. The van der Waals surface area contributed by atoms with Gasteiger partial charge in [-0.15, -0.1) is 0 Å². The molecule has 0 aromatic carbocycles. The Hall–Kier alpha value is 0.1000. The quantitative estimate of drug-likeness (QED) is 0.895. The van der Waals surface area contributed by atoms with E-state index in [0.717, 1.165) is 19.6 Å². The summed E-state index contributed by atoms with van der Waals surface area (Å²) in [5.41, 5.74) is 1.35. The van der Waals surface area contributed by atoms with Crippen LogP contribution in [0.3, 0.4) is 0 Å². The van der Waals surface area contributed by atoms with Crippen LogP contribution in [-0.2, 0) is 4.74 Å². The second-order valence-corrected chi connectivity index (χ2v) is 5.76. The highest BCUT2D eigenvalue weighted by molar-refractivity contribution is 9.10. The molecule has 0 bridgehead atoms. The van der Waals surface area contributed by atoms with Crippen molar-refractivity contribution in [3.05, 3.63) is 20.8 Å². The lowest BCUT2D eigenvalue weighted by Gasteiger charge is -2.24. The van der Waals surface area contributed by atoms with Gasteiger partial charge in [0, 0.05) is 16.5 Å². The van der Waals surface area contributed by atoms with Gasteiger partial charge in [0.25, 0.3) is 0 Å². The summed E-state index contributed by atoms with van der Waals surface area (Å²) in [6.07, 6.45) is 3.86. The molecule has 0 spiro atoms. The fourth-order valence-electron chi connectivity index (χ4n) is 2.12. The molecule has 0 aliphatic carbocycles. The van der Waals surface area contributed by atoms with Crippen LogP contribution in [0, 0.1) is 0 Å². The Balaban J connectivity index is 2.10. The van der Waals surface area contributed by atoms with Gasteiger partial charge in [0.1, 0.15) is 0 Å². The molecular weight excluding hydrogens is 286 g/mol. The van der Waals surface area contributed by atoms with Crippen molar-refractivity contribution in [3.8, 4) is 0 Å². The largest absolute Gasteiger partial charge is 0.376 e. The first-order valence-electron chi connectivity index (χ1n) is 5.89. The van der Waals surface area contributed by atoms with Crippen molar-refractivity contribution >= 4 is 27.3 Å². The maximum atomic E-state index is 5.81. The van der Waals surface area contributed by atoms with Crippen molar-refractivity contribution in [2.45, 2.75) is 38.3 Å². The van der Waals surface area contributed by atoms with E-state index in [4.69, 9.17) is 4.74 Å². The van der Waals surface area contributed by atoms with Crippen LogP contribution in [0.2, 0.25) is 0 Å². The zero-order valence-corrected chi connectivity index (χ0v) is 11.9. The molecule has 1 aromatic heterocycles. The van der Waals surface area contributed by atoms with Gasteiger partial charge in [0.15, 0.2) is 0 Å². The van der Waals surface area contributed by atoms with E-state index in [9.17, 15) is 0 Å². The van der Waals surface area contributed by atoms with Crippen molar-refractivity contribution < 1.29 is 4.74 Å². The lowest BCUT2D eigenvalue weighted by molar-refractivity contribution is 0.0782. The predicted molar refractivity (Wildman–Crippen MR) is 72.0 cm³/mol. The average Bonchev–Trinajstić information content (AvgIpc) is 2.91. The summed E-state index contributed by atoms with van der Waals surface area (Å²) in [5, 5.41) is 7.97. The van der Waals surface area contributed by atoms with Gasteiger partial charge in [0.05, 0.1) is 12.1 Å². The normalized spacial score (nSPS) is 22.5. The first kappa shape index (κ1) is 12.6. The molecule has 2 rings (SSSR count). The molecule has 0 saturated carbocycles. The molecule has 2 heterocycles. The Labute approximate surface area is 110 Å². The summed E-state index contributed by atoms with van der Waals surface area (Å²) in [5.74, 6) is 0. The smallest absolute Gasteiger partial charge is 0.0771 e. The van der Waals surface area contributed by atoms with E-state index in [1.54, 1.807) is 11.3 Å². The Morgan fingerprint density at radius 3 is 3.06 bits per heavy atom. The maximum absolute atomic E-state index is 5.81. The molecule has 16 heavy (non-hydrogen) atoms. The third-order valence-electron chi connectivity index (χ3n) is 2.93. The number of nitrogens with one attached hydrogen (secondary N) is 1. The fourth-order valence-corrected chi connectivity index (χ4v) is 3.70. The molecule has 90 valence electrons. The van der Waals surface area contributed by atoms with Crippen molar-refractivity contribution in [1.29, 1.82) is 0 Å². The Morgan fingerprint density at radius 1 is 1.62 bits per heavy atom. The molecule has 1 fully saturated rings. The van der Waals surface area contributed by atoms with Crippen LogP contribution >= 0.6 is 27.3 Å². The van der Waals surface area contributed by atoms with Crippen molar-refractivity contribution in [2.24, 2.45) is 0 Å². The van der Waals surface area contributed by atoms with Gasteiger partial charge in [-0.25, -0.2) is 0 Å². The summed E-state index contributed by atoms with van der Waals surface area (Å²) in [4.78, 5) is 0. The first-order chi connectivity index (χ1) is 7.83. The average molecular weight is 304 g/mol. The topological polar surface area (TPSA) is 21.3 Å². The number of thiophene rings is 1.